The number of aryl methyl sites for hydroxylation is 1. The molecule has 0 spiro atoms. The Morgan fingerprint density at radius 1 is 1.30 bits per heavy atom. The summed E-state index contributed by atoms with van der Waals surface area (Å²) in [6, 6.07) is 3.48. The van der Waals surface area contributed by atoms with Crippen LogP contribution in [0, 0.1) is 0 Å². The van der Waals surface area contributed by atoms with Crippen molar-refractivity contribution in [1.82, 2.24) is 19.4 Å². The van der Waals surface area contributed by atoms with Gasteiger partial charge in [0.1, 0.15) is 5.82 Å². The van der Waals surface area contributed by atoms with E-state index < -0.39 is 0 Å². The fourth-order valence-corrected chi connectivity index (χ4v) is 2.67. The summed E-state index contributed by atoms with van der Waals surface area (Å²) in [5.74, 6) is 0.670. The number of carbonyl (C=O) groups excluding carboxylic acids is 1. The van der Waals surface area contributed by atoms with Gasteiger partial charge in [0.15, 0.2) is 0 Å². The predicted octanol–water partition coefficient (Wildman–Crippen LogP) is 0.440. The molecule has 0 N–H and O–H groups in total. The molecule has 2 aromatic heterocycles. The van der Waals surface area contributed by atoms with E-state index in [1.165, 1.54) is 10.9 Å². The van der Waals surface area contributed by atoms with E-state index in [0.29, 0.717) is 36.3 Å². The largest absolute Gasteiger partial charge is 0.363 e. The smallest absolute Gasteiger partial charge is 0.256 e. The maximum Gasteiger partial charge on any atom is 0.256 e. The van der Waals surface area contributed by atoms with Gasteiger partial charge in [-0.15, -0.1) is 0 Å². The Balaban J connectivity index is 1.86. The monoisotopic (exact) mass is 313 g/mol. The van der Waals surface area contributed by atoms with E-state index in [2.05, 4.69) is 9.97 Å². The summed E-state index contributed by atoms with van der Waals surface area (Å²) in [5, 5.41) is 0. The minimum Gasteiger partial charge on any atom is -0.363 e. The van der Waals surface area contributed by atoms with Gasteiger partial charge in [-0.3, -0.25) is 9.59 Å². The Hall–Kier alpha value is -2.70. The van der Waals surface area contributed by atoms with E-state index in [0.717, 1.165) is 5.82 Å². The number of aromatic nitrogens is 3. The molecular weight excluding hydrogens is 294 g/mol. The molecule has 3 heterocycles. The van der Waals surface area contributed by atoms with Crippen LogP contribution < -0.4 is 10.5 Å². The quantitative estimate of drug-likeness (QED) is 0.804. The van der Waals surface area contributed by atoms with Crippen LogP contribution in [0.2, 0.25) is 0 Å². The van der Waals surface area contributed by atoms with Crippen LogP contribution in [-0.4, -0.2) is 46.0 Å². The van der Waals surface area contributed by atoms with E-state index in [4.69, 9.17) is 0 Å². The first-order valence-electron chi connectivity index (χ1n) is 7.43. The second kappa shape index (κ2) is 5.83. The zero-order chi connectivity index (χ0) is 16.6. The minimum atomic E-state index is -0.0661. The van der Waals surface area contributed by atoms with Crippen LogP contribution in [0.15, 0.2) is 29.5 Å². The first-order chi connectivity index (χ1) is 11.0. The van der Waals surface area contributed by atoms with Gasteiger partial charge in [0.25, 0.3) is 11.5 Å². The molecule has 0 radical (unpaired) electrons. The van der Waals surface area contributed by atoms with Crippen molar-refractivity contribution >= 4 is 11.7 Å². The highest BCUT2D eigenvalue weighted by Gasteiger charge is 2.25. The van der Waals surface area contributed by atoms with Crippen LogP contribution in [0.25, 0.3) is 0 Å². The van der Waals surface area contributed by atoms with E-state index in [1.54, 1.807) is 30.3 Å². The molecule has 0 atom stereocenters. The fourth-order valence-electron chi connectivity index (χ4n) is 2.67. The average Bonchev–Trinajstić information content (AvgIpc) is 2.57. The van der Waals surface area contributed by atoms with Gasteiger partial charge in [0.2, 0.25) is 0 Å². The molecule has 7 nitrogen and oxygen atoms in total. The number of carbonyl (C=O) groups is 1. The lowest BCUT2D eigenvalue weighted by atomic mass is 10.1. The van der Waals surface area contributed by atoms with Crippen LogP contribution in [0.3, 0.4) is 0 Å². The standard InChI is InChI=1S/C16H19N5O2/c1-19(2)14-8-11(4-6-17-14)15(22)21-7-5-12-13(9-21)18-10-20(3)16(12)23/h4,6,8,10H,5,7,9H2,1-3H3. The van der Waals surface area contributed by atoms with Gasteiger partial charge in [-0.25, -0.2) is 9.97 Å². The molecule has 0 saturated carbocycles. The van der Waals surface area contributed by atoms with Crippen molar-refractivity contribution in [3.8, 4) is 0 Å². The van der Waals surface area contributed by atoms with E-state index >= 15 is 0 Å². The Labute approximate surface area is 134 Å². The first kappa shape index (κ1) is 15.2. The lowest BCUT2D eigenvalue weighted by molar-refractivity contribution is 0.0731. The molecule has 1 aliphatic rings. The van der Waals surface area contributed by atoms with Gasteiger partial charge in [0.05, 0.1) is 18.6 Å². The van der Waals surface area contributed by atoms with Crippen LogP contribution in [-0.2, 0) is 20.0 Å². The van der Waals surface area contributed by atoms with Gasteiger partial charge in [-0.05, 0) is 18.6 Å². The second-order valence-electron chi connectivity index (χ2n) is 5.86. The number of fused-ring (bicyclic) bond motifs is 1. The molecule has 0 aliphatic carbocycles. The van der Waals surface area contributed by atoms with Gasteiger partial charge in [-0.1, -0.05) is 0 Å². The summed E-state index contributed by atoms with van der Waals surface area (Å²) in [7, 11) is 5.45. The van der Waals surface area contributed by atoms with Crippen LogP contribution >= 0.6 is 0 Å². The van der Waals surface area contributed by atoms with Crippen LogP contribution in [0.1, 0.15) is 21.6 Å². The third-order valence-corrected chi connectivity index (χ3v) is 4.02. The third-order valence-electron chi connectivity index (χ3n) is 4.02. The van der Waals surface area contributed by atoms with Crippen LogP contribution in [0.4, 0.5) is 5.82 Å². The summed E-state index contributed by atoms with van der Waals surface area (Å²) in [6.45, 7) is 0.885. The zero-order valence-corrected chi connectivity index (χ0v) is 13.5. The number of amides is 1. The molecule has 0 bridgehead atoms. The summed E-state index contributed by atoms with van der Waals surface area (Å²) < 4.78 is 1.47. The van der Waals surface area contributed by atoms with E-state index in [-0.39, 0.29) is 11.5 Å². The number of rotatable bonds is 2. The summed E-state index contributed by atoms with van der Waals surface area (Å²) in [5.41, 5.74) is 1.97. The van der Waals surface area contributed by atoms with Gasteiger partial charge < -0.3 is 14.4 Å². The van der Waals surface area contributed by atoms with Gasteiger partial charge >= 0.3 is 0 Å². The number of nitrogens with zero attached hydrogens (tertiary/aromatic N) is 5. The van der Waals surface area contributed by atoms with Gasteiger partial charge in [-0.2, -0.15) is 0 Å². The predicted molar refractivity (Wildman–Crippen MR) is 86.5 cm³/mol. The molecular formula is C16H19N5O2. The van der Waals surface area contributed by atoms with Crippen LogP contribution in [0.5, 0.6) is 0 Å². The van der Waals surface area contributed by atoms with Crippen molar-refractivity contribution in [3.63, 3.8) is 0 Å². The fraction of sp³-hybridized carbons (Fsp3) is 0.375. The highest BCUT2D eigenvalue weighted by molar-refractivity contribution is 5.95. The molecule has 0 fully saturated rings. The third kappa shape index (κ3) is 2.81. The maximum absolute atomic E-state index is 12.7. The zero-order valence-electron chi connectivity index (χ0n) is 13.5. The van der Waals surface area contributed by atoms with Crippen molar-refractivity contribution < 1.29 is 4.79 Å². The Morgan fingerprint density at radius 3 is 2.83 bits per heavy atom. The van der Waals surface area contributed by atoms with Gasteiger partial charge in [0, 0.05) is 45.0 Å². The topological polar surface area (TPSA) is 71.3 Å². The highest BCUT2D eigenvalue weighted by Crippen LogP contribution is 2.18. The lowest BCUT2D eigenvalue weighted by Gasteiger charge is -2.28. The Bertz CT molecular complexity index is 812. The van der Waals surface area contributed by atoms with E-state index in [9.17, 15) is 9.59 Å². The van der Waals surface area contributed by atoms with Crippen molar-refractivity contribution in [1.29, 1.82) is 0 Å². The maximum atomic E-state index is 12.7. The molecule has 7 heteroatoms. The number of hydrogen-bond acceptors (Lipinski definition) is 5. The number of hydrogen-bond donors (Lipinski definition) is 0. The van der Waals surface area contributed by atoms with E-state index in [1.807, 2.05) is 19.0 Å². The minimum absolute atomic E-state index is 0.0269. The lowest BCUT2D eigenvalue weighted by Crippen LogP contribution is -2.40. The SMILES string of the molecule is CN(C)c1cc(C(=O)N2CCc3c(ncn(C)c3=O)C2)ccn1. The van der Waals surface area contributed by atoms with Crippen molar-refractivity contribution in [2.75, 3.05) is 25.5 Å². The van der Waals surface area contributed by atoms with Crippen molar-refractivity contribution in [3.05, 3.63) is 51.8 Å². The van der Waals surface area contributed by atoms with Crippen molar-refractivity contribution in [2.45, 2.75) is 13.0 Å². The second-order valence-corrected chi connectivity index (χ2v) is 5.86. The summed E-state index contributed by atoms with van der Waals surface area (Å²) >= 11 is 0. The normalized spacial score (nSPS) is 13.6. The molecule has 0 saturated heterocycles. The molecule has 0 aromatic carbocycles. The number of pyridine rings is 1. The molecule has 1 aliphatic heterocycles. The highest BCUT2D eigenvalue weighted by atomic mass is 16.2. The Morgan fingerprint density at radius 2 is 2.09 bits per heavy atom. The summed E-state index contributed by atoms with van der Waals surface area (Å²) in [6.07, 6.45) is 3.67. The average molecular weight is 313 g/mol. The molecule has 0 unspecified atom stereocenters. The molecule has 1 amide bonds. The number of anilines is 1. The van der Waals surface area contributed by atoms with Crippen molar-refractivity contribution in [2.24, 2.45) is 7.05 Å². The summed E-state index contributed by atoms with van der Waals surface area (Å²) in [4.78, 5) is 36.9. The Kier molecular flexibility index (Phi) is 3.85. The first-order valence-corrected chi connectivity index (χ1v) is 7.43. The molecule has 3 rings (SSSR count). The molecule has 120 valence electrons. The molecule has 2 aromatic rings. The molecule has 23 heavy (non-hydrogen) atoms.